The van der Waals surface area contributed by atoms with Gasteiger partial charge in [-0.1, -0.05) is 49.6 Å². The highest BCUT2D eigenvalue weighted by Crippen LogP contribution is 2.09. The number of aryl methyl sites for hydroxylation is 1. The van der Waals surface area contributed by atoms with Crippen LogP contribution < -0.4 is 0 Å². The highest BCUT2D eigenvalue weighted by molar-refractivity contribution is 5.14. The number of rotatable bonds is 7. The van der Waals surface area contributed by atoms with Crippen LogP contribution in [0, 0.1) is 6.42 Å². The van der Waals surface area contributed by atoms with Crippen molar-refractivity contribution >= 4 is 0 Å². The van der Waals surface area contributed by atoms with E-state index < -0.39 is 0 Å². The Bertz CT molecular complexity index is 213. The summed E-state index contributed by atoms with van der Waals surface area (Å²) >= 11 is 0. The fraction of sp³-hybridized carbons (Fsp3) is 0.500. The van der Waals surface area contributed by atoms with Gasteiger partial charge in [0.2, 0.25) is 0 Å². The van der Waals surface area contributed by atoms with Crippen molar-refractivity contribution in [3.8, 4) is 0 Å². The Morgan fingerprint density at radius 3 is 2.36 bits per heavy atom. The van der Waals surface area contributed by atoms with Crippen LogP contribution in [0.3, 0.4) is 0 Å². The molecule has 1 rings (SSSR count). The number of benzene rings is 1. The standard InChI is InChI=1S/C14H21/c1-2-3-4-5-6-8-11-14-12-9-7-10-13-14/h2,7,9-10,12-13H,3-6,8,11H2,1H3/q-1. The van der Waals surface area contributed by atoms with E-state index in [9.17, 15) is 0 Å². The Balaban J connectivity index is 1.99. The van der Waals surface area contributed by atoms with Crippen molar-refractivity contribution in [3.05, 3.63) is 42.3 Å². The van der Waals surface area contributed by atoms with Gasteiger partial charge in [0.25, 0.3) is 0 Å². The van der Waals surface area contributed by atoms with Crippen LogP contribution >= 0.6 is 0 Å². The molecule has 0 radical (unpaired) electrons. The Labute approximate surface area is 88.4 Å². The molecule has 0 saturated heterocycles. The Kier molecular flexibility index (Phi) is 6.14. The third-order valence-corrected chi connectivity index (χ3v) is 2.55. The van der Waals surface area contributed by atoms with E-state index in [1.807, 2.05) is 0 Å². The molecule has 0 aliphatic carbocycles. The normalized spacial score (nSPS) is 10.4. The lowest BCUT2D eigenvalue weighted by atomic mass is 10.1. The molecule has 0 nitrogen and oxygen atoms in total. The summed E-state index contributed by atoms with van der Waals surface area (Å²) in [5.41, 5.74) is 1.48. The first-order valence-corrected chi connectivity index (χ1v) is 5.75. The highest BCUT2D eigenvalue weighted by atomic mass is 14.0. The molecule has 1 aromatic carbocycles. The molecule has 0 unspecified atom stereocenters. The van der Waals surface area contributed by atoms with Gasteiger partial charge in [0.05, 0.1) is 0 Å². The molecular weight excluding hydrogens is 168 g/mol. The maximum atomic E-state index is 2.26. The summed E-state index contributed by atoms with van der Waals surface area (Å²) in [6, 6.07) is 10.8. The monoisotopic (exact) mass is 189 g/mol. The van der Waals surface area contributed by atoms with Crippen LogP contribution in [0.5, 0.6) is 0 Å². The minimum absolute atomic E-state index is 1.25. The van der Waals surface area contributed by atoms with E-state index in [1.54, 1.807) is 0 Å². The minimum atomic E-state index is 1.25. The molecule has 0 saturated carbocycles. The van der Waals surface area contributed by atoms with Gasteiger partial charge in [-0.05, 0) is 18.4 Å². The number of hydrogen-bond acceptors (Lipinski definition) is 0. The van der Waals surface area contributed by atoms with Crippen LogP contribution in [-0.2, 0) is 6.42 Å². The van der Waals surface area contributed by atoms with E-state index in [0.29, 0.717) is 0 Å². The first-order chi connectivity index (χ1) is 6.93. The SMILES string of the molecule is C[CH-]CCCCCCc1ccccc1. The van der Waals surface area contributed by atoms with E-state index in [0.717, 1.165) is 0 Å². The fourth-order valence-electron chi connectivity index (χ4n) is 1.68. The van der Waals surface area contributed by atoms with Crippen molar-refractivity contribution in [2.75, 3.05) is 0 Å². The van der Waals surface area contributed by atoms with Crippen molar-refractivity contribution in [3.63, 3.8) is 0 Å². The second-order valence-electron chi connectivity index (χ2n) is 3.85. The van der Waals surface area contributed by atoms with Crippen LogP contribution in [0.15, 0.2) is 30.3 Å². The summed E-state index contributed by atoms with van der Waals surface area (Å²) in [6.07, 6.45) is 10.3. The Morgan fingerprint density at radius 1 is 0.929 bits per heavy atom. The Hall–Kier alpha value is -0.780. The quantitative estimate of drug-likeness (QED) is 0.440. The molecule has 0 bridgehead atoms. The van der Waals surface area contributed by atoms with Crippen molar-refractivity contribution in [1.82, 2.24) is 0 Å². The molecule has 14 heavy (non-hydrogen) atoms. The van der Waals surface area contributed by atoms with E-state index in [-0.39, 0.29) is 0 Å². The molecule has 0 heteroatoms. The molecule has 0 amide bonds. The molecule has 0 aliphatic rings. The summed E-state index contributed by atoms with van der Waals surface area (Å²) in [6.45, 7) is 2.14. The van der Waals surface area contributed by atoms with Gasteiger partial charge >= 0.3 is 0 Å². The highest BCUT2D eigenvalue weighted by Gasteiger charge is 1.91. The molecule has 0 N–H and O–H groups in total. The lowest BCUT2D eigenvalue weighted by Gasteiger charge is -2.04. The van der Waals surface area contributed by atoms with Gasteiger partial charge < -0.3 is 6.42 Å². The summed E-state index contributed by atoms with van der Waals surface area (Å²) < 4.78 is 0. The maximum absolute atomic E-state index is 2.26. The van der Waals surface area contributed by atoms with E-state index in [2.05, 4.69) is 43.7 Å². The molecule has 78 valence electrons. The zero-order valence-corrected chi connectivity index (χ0v) is 9.21. The van der Waals surface area contributed by atoms with Crippen molar-refractivity contribution in [1.29, 1.82) is 0 Å². The first kappa shape index (κ1) is 11.3. The van der Waals surface area contributed by atoms with Crippen molar-refractivity contribution < 1.29 is 0 Å². The lowest BCUT2D eigenvalue weighted by molar-refractivity contribution is 0.637. The van der Waals surface area contributed by atoms with Crippen LogP contribution in [0.1, 0.15) is 44.6 Å². The fourth-order valence-corrected chi connectivity index (χ4v) is 1.68. The topological polar surface area (TPSA) is 0 Å². The van der Waals surface area contributed by atoms with Crippen LogP contribution in [0.2, 0.25) is 0 Å². The summed E-state index contributed by atoms with van der Waals surface area (Å²) in [5.74, 6) is 0. The molecular formula is C14H21-. The Morgan fingerprint density at radius 2 is 1.64 bits per heavy atom. The average molecular weight is 189 g/mol. The van der Waals surface area contributed by atoms with Gasteiger partial charge in [-0.25, -0.2) is 0 Å². The van der Waals surface area contributed by atoms with E-state index in [1.165, 1.54) is 44.1 Å². The summed E-state index contributed by atoms with van der Waals surface area (Å²) in [7, 11) is 0. The minimum Gasteiger partial charge on any atom is -0.332 e. The van der Waals surface area contributed by atoms with E-state index in [4.69, 9.17) is 0 Å². The third kappa shape index (κ3) is 5.06. The number of unbranched alkanes of at least 4 members (excludes halogenated alkanes) is 5. The van der Waals surface area contributed by atoms with Crippen molar-refractivity contribution in [2.45, 2.75) is 45.4 Å². The van der Waals surface area contributed by atoms with Gasteiger partial charge in [0.15, 0.2) is 0 Å². The van der Waals surface area contributed by atoms with Gasteiger partial charge in [-0.2, -0.15) is 13.3 Å². The molecule has 0 aromatic heterocycles. The lowest BCUT2D eigenvalue weighted by Crippen LogP contribution is -1.85. The maximum Gasteiger partial charge on any atom is -0.0279 e. The molecule has 1 aromatic rings. The van der Waals surface area contributed by atoms with Crippen molar-refractivity contribution in [2.24, 2.45) is 0 Å². The second-order valence-corrected chi connectivity index (χ2v) is 3.85. The third-order valence-electron chi connectivity index (χ3n) is 2.55. The van der Waals surface area contributed by atoms with Gasteiger partial charge in [-0.15, -0.1) is 0 Å². The molecule has 0 spiro atoms. The van der Waals surface area contributed by atoms with E-state index >= 15 is 0 Å². The molecule has 0 heterocycles. The molecule has 0 atom stereocenters. The van der Waals surface area contributed by atoms with Crippen LogP contribution in [0.4, 0.5) is 0 Å². The average Bonchev–Trinajstić information content (AvgIpc) is 2.25. The second kappa shape index (κ2) is 7.61. The zero-order valence-electron chi connectivity index (χ0n) is 9.21. The summed E-state index contributed by atoms with van der Waals surface area (Å²) in [5, 5.41) is 0. The van der Waals surface area contributed by atoms with Crippen LogP contribution in [0.25, 0.3) is 0 Å². The predicted octanol–water partition coefficient (Wildman–Crippen LogP) is 4.40. The molecule has 0 fully saturated rings. The first-order valence-electron chi connectivity index (χ1n) is 5.75. The number of hydrogen-bond donors (Lipinski definition) is 0. The van der Waals surface area contributed by atoms with Gasteiger partial charge in [-0.3, -0.25) is 0 Å². The predicted molar refractivity (Wildman–Crippen MR) is 63.2 cm³/mol. The van der Waals surface area contributed by atoms with Gasteiger partial charge in [0.1, 0.15) is 0 Å². The molecule has 0 aliphatic heterocycles. The zero-order chi connectivity index (χ0) is 10.1. The van der Waals surface area contributed by atoms with Gasteiger partial charge in [0, 0.05) is 0 Å². The smallest absolute Gasteiger partial charge is 0.0279 e. The largest absolute Gasteiger partial charge is 0.332 e. The summed E-state index contributed by atoms with van der Waals surface area (Å²) in [4.78, 5) is 0. The van der Waals surface area contributed by atoms with Crippen LogP contribution in [-0.4, -0.2) is 0 Å².